The second-order valence-electron chi connectivity index (χ2n) is 3.23. The van der Waals surface area contributed by atoms with Gasteiger partial charge in [-0.05, 0) is 6.42 Å². The molecule has 1 aliphatic rings. The summed E-state index contributed by atoms with van der Waals surface area (Å²) in [4.78, 5) is 6.18. The van der Waals surface area contributed by atoms with Crippen molar-refractivity contribution in [3.05, 3.63) is 12.0 Å². The summed E-state index contributed by atoms with van der Waals surface area (Å²) in [5, 5.41) is 8.84. The Balaban J connectivity index is 2.04. The van der Waals surface area contributed by atoms with Gasteiger partial charge in [0.1, 0.15) is 12.0 Å². The normalized spacial score (nSPS) is 18.2. The van der Waals surface area contributed by atoms with Crippen molar-refractivity contribution in [1.29, 1.82) is 0 Å². The van der Waals surface area contributed by atoms with E-state index < -0.39 is 0 Å². The molecule has 5 nitrogen and oxygen atoms in total. The first-order valence-corrected chi connectivity index (χ1v) is 4.78. The van der Waals surface area contributed by atoms with E-state index >= 15 is 0 Å². The Hall–Kier alpha value is -1.07. The largest absolute Gasteiger partial charge is 0.432 e. The molecule has 0 aromatic carbocycles. The number of hydrogen-bond donors (Lipinski definition) is 1. The zero-order valence-corrected chi connectivity index (χ0v) is 7.98. The lowest BCUT2D eigenvalue weighted by molar-refractivity contribution is 0.152. The summed E-state index contributed by atoms with van der Waals surface area (Å²) < 4.78 is 10.6. The van der Waals surface area contributed by atoms with Crippen molar-refractivity contribution in [2.75, 3.05) is 31.2 Å². The van der Waals surface area contributed by atoms with E-state index in [-0.39, 0.29) is 6.61 Å². The second kappa shape index (κ2) is 4.43. The van der Waals surface area contributed by atoms with Gasteiger partial charge < -0.3 is 19.2 Å². The van der Waals surface area contributed by atoms with Crippen LogP contribution >= 0.6 is 0 Å². The molecule has 0 spiro atoms. The zero-order chi connectivity index (χ0) is 9.80. The summed E-state index contributed by atoms with van der Waals surface area (Å²) in [6.45, 7) is 3.12. The van der Waals surface area contributed by atoms with Crippen LogP contribution < -0.4 is 4.90 Å². The molecule has 5 heteroatoms. The fourth-order valence-corrected chi connectivity index (χ4v) is 1.45. The van der Waals surface area contributed by atoms with Crippen LogP contribution in [0.1, 0.15) is 12.1 Å². The van der Waals surface area contributed by atoms with Gasteiger partial charge in [0, 0.05) is 19.7 Å². The van der Waals surface area contributed by atoms with Crippen molar-refractivity contribution in [1.82, 2.24) is 4.98 Å². The van der Waals surface area contributed by atoms with Gasteiger partial charge in [0.25, 0.3) is 6.01 Å². The molecule has 0 atom stereocenters. The molecular weight excluding hydrogens is 184 g/mol. The van der Waals surface area contributed by atoms with Gasteiger partial charge in [-0.3, -0.25) is 0 Å². The number of aromatic nitrogens is 1. The molecule has 0 saturated carbocycles. The van der Waals surface area contributed by atoms with Crippen LogP contribution in [-0.2, 0) is 11.3 Å². The standard InChI is InChI=1S/C9H14N2O3/c12-6-8-7-14-9(10-8)11-2-1-4-13-5-3-11/h7,12H,1-6H2. The highest BCUT2D eigenvalue weighted by Crippen LogP contribution is 2.15. The number of anilines is 1. The summed E-state index contributed by atoms with van der Waals surface area (Å²) in [6, 6.07) is 0.583. The van der Waals surface area contributed by atoms with Crippen molar-refractivity contribution in [2.45, 2.75) is 13.0 Å². The third-order valence-electron chi connectivity index (χ3n) is 2.19. The van der Waals surface area contributed by atoms with Gasteiger partial charge in [-0.15, -0.1) is 0 Å². The first kappa shape index (κ1) is 9.48. The first-order chi connectivity index (χ1) is 6.90. The van der Waals surface area contributed by atoms with E-state index in [0.717, 1.165) is 26.1 Å². The molecule has 1 fully saturated rings. The summed E-state index contributed by atoms with van der Waals surface area (Å²) in [6.07, 6.45) is 2.47. The minimum atomic E-state index is -0.0756. The van der Waals surface area contributed by atoms with Crippen LogP contribution in [0.5, 0.6) is 0 Å². The molecule has 1 aliphatic heterocycles. The molecular formula is C9H14N2O3. The SMILES string of the molecule is OCc1coc(N2CCCOCC2)n1. The predicted molar refractivity (Wildman–Crippen MR) is 50.1 cm³/mol. The second-order valence-corrected chi connectivity index (χ2v) is 3.23. The first-order valence-electron chi connectivity index (χ1n) is 4.78. The number of nitrogens with zero attached hydrogens (tertiary/aromatic N) is 2. The Morgan fingerprint density at radius 1 is 1.43 bits per heavy atom. The summed E-state index contributed by atoms with van der Waals surface area (Å²) >= 11 is 0. The van der Waals surface area contributed by atoms with Crippen LogP contribution in [0, 0.1) is 0 Å². The van der Waals surface area contributed by atoms with E-state index in [1.807, 2.05) is 4.90 Å². The quantitative estimate of drug-likeness (QED) is 0.745. The molecule has 2 heterocycles. The fraction of sp³-hybridized carbons (Fsp3) is 0.667. The van der Waals surface area contributed by atoms with Crippen LogP contribution in [0.2, 0.25) is 0 Å². The monoisotopic (exact) mass is 198 g/mol. The van der Waals surface area contributed by atoms with E-state index in [9.17, 15) is 0 Å². The minimum Gasteiger partial charge on any atom is -0.432 e. The van der Waals surface area contributed by atoms with Gasteiger partial charge in [0.2, 0.25) is 0 Å². The number of hydrogen-bond acceptors (Lipinski definition) is 5. The Kier molecular flexibility index (Phi) is 3.00. The van der Waals surface area contributed by atoms with Crippen molar-refractivity contribution < 1.29 is 14.3 Å². The lowest BCUT2D eigenvalue weighted by Gasteiger charge is -2.15. The molecule has 0 amide bonds. The highest BCUT2D eigenvalue weighted by molar-refractivity contribution is 5.26. The Labute approximate surface area is 82.3 Å². The minimum absolute atomic E-state index is 0.0756. The molecule has 1 aromatic rings. The zero-order valence-electron chi connectivity index (χ0n) is 7.98. The van der Waals surface area contributed by atoms with E-state index in [2.05, 4.69) is 4.98 Å². The summed E-state index contributed by atoms with van der Waals surface area (Å²) in [5.41, 5.74) is 0.574. The van der Waals surface area contributed by atoms with E-state index in [1.165, 1.54) is 6.26 Å². The van der Waals surface area contributed by atoms with Crippen molar-refractivity contribution in [2.24, 2.45) is 0 Å². The Bertz CT molecular complexity index is 279. The maximum Gasteiger partial charge on any atom is 0.297 e. The maximum atomic E-state index is 8.84. The van der Waals surface area contributed by atoms with Gasteiger partial charge in [-0.1, -0.05) is 0 Å². The van der Waals surface area contributed by atoms with Gasteiger partial charge in [0.15, 0.2) is 0 Å². The molecule has 0 unspecified atom stereocenters. The molecule has 78 valence electrons. The van der Waals surface area contributed by atoms with E-state index in [1.54, 1.807) is 0 Å². The van der Waals surface area contributed by atoms with Gasteiger partial charge in [-0.2, -0.15) is 4.98 Å². The van der Waals surface area contributed by atoms with Crippen molar-refractivity contribution in [3.8, 4) is 0 Å². The number of aliphatic hydroxyl groups is 1. The van der Waals surface area contributed by atoms with Crippen molar-refractivity contribution in [3.63, 3.8) is 0 Å². The molecule has 14 heavy (non-hydrogen) atoms. The number of aliphatic hydroxyl groups excluding tert-OH is 1. The molecule has 0 bridgehead atoms. The van der Waals surface area contributed by atoms with Crippen LogP contribution in [0.15, 0.2) is 10.7 Å². The summed E-state index contributed by atoms with van der Waals surface area (Å²) in [7, 11) is 0. The highest BCUT2D eigenvalue weighted by Gasteiger charge is 2.14. The van der Waals surface area contributed by atoms with Gasteiger partial charge in [-0.25, -0.2) is 0 Å². The number of ether oxygens (including phenoxy) is 1. The third-order valence-corrected chi connectivity index (χ3v) is 2.19. The van der Waals surface area contributed by atoms with Gasteiger partial charge in [0.05, 0.1) is 13.2 Å². The number of rotatable bonds is 2. The van der Waals surface area contributed by atoms with E-state index in [0.29, 0.717) is 18.3 Å². The molecule has 0 aliphatic carbocycles. The average molecular weight is 198 g/mol. The molecule has 1 N–H and O–H groups in total. The van der Waals surface area contributed by atoms with Crippen LogP contribution in [0.4, 0.5) is 6.01 Å². The lowest BCUT2D eigenvalue weighted by atomic mass is 10.4. The van der Waals surface area contributed by atoms with Gasteiger partial charge >= 0.3 is 0 Å². The fourth-order valence-electron chi connectivity index (χ4n) is 1.45. The third kappa shape index (κ3) is 2.05. The van der Waals surface area contributed by atoms with Crippen LogP contribution in [0.25, 0.3) is 0 Å². The lowest BCUT2D eigenvalue weighted by Crippen LogP contribution is -2.26. The topological polar surface area (TPSA) is 58.7 Å². The number of oxazole rings is 1. The summed E-state index contributed by atoms with van der Waals surface area (Å²) in [5.74, 6) is 0. The van der Waals surface area contributed by atoms with Crippen LogP contribution in [-0.4, -0.2) is 36.4 Å². The maximum absolute atomic E-state index is 8.84. The van der Waals surface area contributed by atoms with Crippen molar-refractivity contribution >= 4 is 6.01 Å². The Morgan fingerprint density at radius 3 is 3.14 bits per heavy atom. The molecule has 0 radical (unpaired) electrons. The Morgan fingerprint density at radius 2 is 2.36 bits per heavy atom. The van der Waals surface area contributed by atoms with E-state index in [4.69, 9.17) is 14.3 Å². The average Bonchev–Trinajstić information content (AvgIpc) is 2.53. The molecule has 1 saturated heterocycles. The van der Waals surface area contributed by atoms with Crippen LogP contribution in [0.3, 0.4) is 0 Å². The highest BCUT2D eigenvalue weighted by atomic mass is 16.5. The molecule has 2 rings (SSSR count). The predicted octanol–water partition coefficient (Wildman–Crippen LogP) is 0.394. The molecule has 1 aromatic heterocycles. The smallest absolute Gasteiger partial charge is 0.297 e.